The van der Waals surface area contributed by atoms with Gasteiger partial charge >= 0.3 is 12.2 Å². The Morgan fingerprint density at radius 2 is 1.85 bits per heavy atom. The van der Waals surface area contributed by atoms with Gasteiger partial charge in [-0.1, -0.05) is 12.1 Å². The Morgan fingerprint density at radius 1 is 1.06 bits per heavy atom. The fourth-order valence-electron chi connectivity index (χ4n) is 3.34. The summed E-state index contributed by atoms with van der Waals surface area (Å²) in [6.45, 7) is 0. The number of carbonyl (C=O) groups excluding carboxylic acids is 1. The second-order valence-electron chi connectivity index (χ2n) is 7.34. The standard InChI is InChI=1S/C24H20F3N5O2/c1-34-21-6-5-17(24(25,26)27)13-19(21)32-23(33)30-18-4-2-3-15(11-18)12-22-29-14-20(31-22)16-7-9-28-10-8-16/h2-11,13-14H,12H2,1H3,(H,29,31)(H2,30,32,33). The predicted molar refractivity (Wildman–Crippen MR) is 122 cm³/mol. The summed E-state index contributed by atoms with van der Waals surface area (Å²) in [5.74, 6) is 0.849. The molecule has 4 rings (SSSR count). The van der Waals surface area contributed by atoms with Crippen molar-refractivity contribution in [3.8, 4) is 17.0 Å². The highest BCUT2D eigenvalue weighted by molar-refractivity contribution is 6.00. The zero-order chi connectivity index (χ0) is 24.1. The molecule has 2 heterocycles. The van der Waals surface area contributed by atoms with Crippen LogP contribution in [0.2, 0.25) is 0 Å². The second kappa shape index (κ2) is 9.65. The summed E-state index contributed by atoms with van der Waals surface area (Å²) < 4.78 is 44.1. The number of H-pyrrole nitrogens is 1. The van der Waals surface area contributed by atoms with Gasteiger partial charge in [0.2, 0.25) is 0 Å². The number of aromatic amines is 1. The van der Waals surface area contributed by atoms with Crippen molar-refractivity contribution in [2.45, 2.75) is 12.6 Å². The van der Waals surface area contributed by atoms with E-state index in [4.69, 9.17) is 4.74 Å². The Hall–Kier alpha value is -4.34. The van der Waals surface area contributed by atoms with Gasteiger partial charge < -0.3 is 20.4 Å². The van der Waals surface area contributed by atoms with Crippen LogP contribution in [0.15, 0.2) is 73.2 Å². The van der Waals surface area contributed by atoms with E-state index in [1.165, 1.54) is 7.11 Å². The lowest BCUT2D eigenvalue weighted by Crippen LogP contribution is -2.20. The van der Waals surface area contributed by atoms with Crippen molar-refractivity contribution in [1.82, 2.24) is 15.0 Å². The van der Waals surface area contributed by atoms with E-state index in [9.17, 15) is 18.0 Å². The van der Waals surface area contributed by atoms with Crippen LogP contribution in [0.5, 0.6) is 5.75 Å². The van der Waals surface area contributed by atoms with E-state index in [2.05, 4.69) is 25.6 Å². The smallest absolute Gasteiger partial charge is 0.416 e. The van der Waals surface area contributed by atoms with Crippen molar-refractivity contribution < 1.29 is 22.7 Å². The Morgan fingerprint density at radius 3 is 2.59 bits per heavy atom. The van der Waals surface area contributed by atoms with Gasteiger partial charge in [0.1, 0.15) is 11.6 Å². The first-order valence-electron chi connectivity index (χ1n) is 10.2. The van der Waals surface area contributed by atoms with Crippen LogP contribution in [0.3, 0.4) is 0 Å². The molecular formula is C24H20F3N5O2. The van der Waals surface area contributed by atoms with Gasteiger partial charge in [-0.15, -0.1) is 0 Å². The molecule has 2 aromatic heterocycles. The van der Waals surface area contributed by atoms with Crippen molar-refractivity contribution in [2.24, 2.45) is 0 Å². The Balaban J connectivity index is 1.44. The summed E-state index contributed by atoms with van der Waals surface area (Å²) in [5.41, 5.74) is 2.10. The summed E-state index contributed by atoms with van der Waals surface area (Å²) in [6, 6.07) is 13.0. The molecule has 3 N–H and O–H groups in total. The number of nitrogens with zero attached hydrogens (tertiary/aromatic N) is 2. The fourth-order valence-corrected chi connectivity index (χ4v) is 3.34. The fraction of sp³-hybridized carbons (Fsp3) is 0.125. The van der Waals surface area contributed by atoms with Crippen LogP contribution in [0.25, 0.3) is 11.3 Å². The van der Waals surface area contributed by atoms with Crippen LogP contribution in [-0.2, 0) is 12.6 Å². The molecule has 0 bridgehead atoms. The Labute approximate surface area is 193 Å². The number of nitrogens with one attached hydrogen (secondary N) is 3. The maximum atomic E-state index is 13.0. The Bertz CT molecular complexity index is 1290. The number of ether oxygens (including phenoxy) is 1. The molecule has 0 spiro atoms. The molecule has 174 valence electrons. The number of imidazole rings is 1. The molecule has 0 saturated heterocycles. The summed E-state index contributed by atoms with van der Waals surface area (Å²) in [4.78, 5) is 24.2. The van der Waals surface area contributed by atoms with Crippen LogP contribution in [0.4, 0.5) is 29.3 Å². The summed E-state index contributed by atoms with van der Waals surface area (Å²) in [5, 5.41) is 5.05. The first-order valence-corrected chi connectivity index (χ1v) is 10.2. The van der Waals surface area contributed by atoms with Gasteiger partial charge in [0.05, 0.1) is 24.1 Å². The van der Waals surface area contributed by atoms with Crippen molar-refractivity contribution in [3.05, 3.63) is 90.1 Å². The van der Waals surface area contributed by atoms with Crippen molar-refractivity contribution in [1.29, 1.82) is 0 Å². The number of anilines is 2. The van der Waals surface area contributed by atoms with Crippen molar-refractivity contribution in [2.75, 3.05) is 17.7 Å². The largest absolute Gasteiger partial charge is 0.495 e. The van der Waals surface area contributed by atoms with E-state index in [1.54, 1.807) is 30.6 Å². The van der Waals surface area contributed by atoms with Gasteiger partial charge in [-0.05, 0) is 48.0 Å². The zero-order valence-corrected chi connectivity index (χ0v) is 18.0. The monoisotopic (exact) mass is 467 g/mol. The molecule has 0 aliphatic heterocycles. The third-order valence-electron chi connectivity index (χ3n) is 4.94. The van der Waals surface area contributed by atoms with Gasteiger partial charge in [0, 0.05) is 36.3 Å². The minimum Gasteiger partial charge on any atom is -0.495 e. The highest BCUT2D eigenvalue weighted by atomic mass is 19.4. The Kier molecular flexibility index (Phi) is 6.48. The quantitative estimate of drug-likeness (QED) is 0.338. The number of rotatable bonds is 6. The highest BCUT2D eigenvalue weighted by Crippen LogP contribution is 2.35. The minimum absolute atomic E-state index is 0.0924. The van der Waals surface area contributed by atoms with E-state index in [0.717, 1.165) is 40.8 Å². The molecule has 0 atom stereocenters. The first-order chi connectivity index (χ1) is 16.3. The number of carbonyl (C=O) groups is 1. The van der Waals surface area contributed by atoms with E-state index in [-0.39, 0.29) is 11.4 Å². The topological polar surface area (TPSA) is 91.9 Å². The molecule has 7 nitrogen and oxygen atoms in total. The number of hydrogen-bond acceptors (Lipinski definition) is 4. The van der Waals surface area contributed by atoms with Crippen LogP contribution in [0.1, 0.15) is 17.0 Å². The van der Waals surface area contributed by atoms with Gasteiger partial charge in [-0.2, -0.15) is 13.2 Å². The lowest BCUT2D eigenvalue weighted by atomic mass is 10.1. The number of alkyl halides is 3. The molecule has 0 saturated carbocycles. The average Bonchev–Trinajstić information content (AvgIpc) is 3.27. The molecular weight excluding hydrogens is 447 g/mol. The molecule has 34 heavy (non-hydrogen) atoms. The molecule has 2 aromatic carbocycles. The number of pyridine rings is 1. The van der Waals surface area contributed by atoms with Crippen molar-refractivity contribution >= 4 is 17.4 Å². The molecule has 0 fully saturated rings. The van der Waals surface area contributed by atoms with E-state index in [1.807, 2.05) is 24.4 Å². The van der Waals surface area contributed by atoms with E-state index >= 15 is 0 Å². The highest BCUT2D eigenvalue weighted by Gasteiger charge is 2.31. The molecule has 0 radical (unpaired) electrons. The molecule has 0 aliphatic carbocycles. The number of benzene rings is 2. The lowest BCUT2D eigenvalue weighted by Gasteiger charge is -2.14. The number of hydrogen-bond donors (Lipinski definition) is 3. The van der Waals surface area contributed by atoms with E-state index in [0.29, 0.717) is 12.1 Å². The van der Waals surface area contributed by atoms with Crippen LogP contribution >= 0.6 is 0 Å². The van der Waals surface area contributed by atoms with Gasteiger partial charge in [-0.25, -0.2) is 9.78 Å². The normalized spacial score (nSPS) is 11.2. The third-order valence-corrected chi connectivity index (χ3v) is 4.94. The second-order valence-corrected chi connectivity index (χ2v) is 7.34. The lowest BCUT2D eigenvalue weighted by molar-refractivity contribution is -0.137. The molecule has 2 amide bonds. The summed E-state index contributed by atoms with van der Waals surface area (Å²) >= 11 is 0. The molecule has 0 aliphatic rings. The number of aromatic nitrogens is 3. The van der Waals surface area contributed by atoms with E-state index < -0.39 is 17.8 Å². The number of amides is 2. The van der Waals surface area contributed by atoms with Crippen LogP contribution in [0, 0.1) is 0 Å². The van der Waals surface area contributed by atoms with Crippen LogP contribution in [-0.4, -0.2) is 28.1 Å². The maximum absolute atomic E-state index is 13.0. The van der Waals surface area contributed by atoms with Gasteiger partial charge in [0.25, 0.3) is 0 Å². The molecule has 4 aromatic rings. The number of urea groups is 1. The maximum Gasteiger partial charge on any atom is 0.416 e. The summed E-state index contributed by atoms with van der Waals surface area (Å²) in [7, 11) is 1.31. The van der Waals surface area contributed by atoms with Crippen LogP contribution < -0.4 is 15.4 Å². The zero-order valence-electron chi connectivity index (χ0n) is 18.0. The van der Waals surface area contributed by atoms with Gasteiger partial charge in [-0.3, -0.25) is 4.98 Å². The van der Waals surface area contributed by atoms with Crippen molar-refractivity contribution in [3.63, 3.8) is 0 Å². The predicted octanol–water partition coefficient (Wildman–Crippen LogP) is 5.73. The minimum atomic E-state index is -4.55. The third kappa shape index (κ3) is 5.52. The van der Waals surface area contributed by atoms with Gasteiger partial charge in [0.15, 0.2) is 0 Å². The molecule has 10 heteroatoms. The SMILES string of the molecule is COc1ccc(C(F)(F)F)cc1NC(=O)Nc1cccc(Cc2nc(-c3ccncc3)c[nH]2)c1. The number of methoxy groups -OCH3 is 1. The molecule has 0 unspecified atom stereocenters. The first kappa shape index (κ1) is 22.8. The summed E-state index contributed by atoms with van der Waals surface area (Å²) in [6.07, 6.45) is 1.14. The average molecular weight is 467 g/mol. The number of halogens is 3.